The molecule has 142 valence electrons. The summed E-state index contributed by atoms with van der Waals surface area (Å²) in [6.07, 6.45) is 1.98. The van der Waals surface area contributed by atoms with E-state index in [4.69, 9.17) is 4.74 Å². The highest BCUT2D eigenvalue weighted by molar-refractivity contribution is 5.79. The zero-order valence-corrected chi connectivity index (χ0v) is 16.1. The van der Waals surface area contributed by atoms with Gasteiger partial charge in [-0.3, -0.25) is 9.48 Å². The first kappa shape index (κ1) is 18.8. The second-order valence-corrected chi connectivity index (χ2v) is 6.53. The number of methoxy groups -OCH3 is 1. The van der Waals surface area contributed by atoms with E-state index in [1.54, 1.807) is 18.0 Å². The molecule has 7 nitrogen and oxygen atoms in total. The van der Waals surface area contributed by atoms with Crippen LogP contribution in [0.4, 0.5) is 0 Å². The predicted octanol–water partition coefficient (Wildman–Crippen LogP) is 2.27. The maximum atomic E-state index is 12.7. The Morgan fingerprint density at radius 2 is 1.96 bits per heavy atom. The first-order valence-corrected chi connectivity index (χ1v) is 8.88. The molecule has 0 aliphatic rings. The molecule has 1 atom stereocenters. The Morgan fingerprint density at radius 3 is 2.59 bits per heavy atom. The number of hydrogen-bond donors (Lipinski definition) is 1. The molecule has 0 aliphatic carbocycles. The number of benzene rings is 1. The van der Waals surface area contributed by atoms with Gasteiger partial charge in [-0.2, -0.15) is 10.2 Å². The molecule has 1 unspecified atom stereocenters. The number of carbonyl (C=O) groups is 1. The van der Waals surface area contributed by atoms with Crippen LogP contribution in [0.3, 0.4) is 0 Å². The van der Waals surface area contributed by atoms with Gasteiger partial charge in [0.1, 0.15) is 0 Å². The van der Waals surface area contributed by atoms with Crippen molar-refractivity contribution in [1.29, 1.82) is 0 Å². The third-order valence-corrected chi connectivity index (χ3v) is 4.66. The number of aromatic nitrogens is 4. The van der Waals surface area contributed by atoms with E-state index < -0.39 is 0 Å². The average Bonchev–Trinajstić information content (AvgIpc) is 3.20. The van der Waals surface area contributed by atoms with Gasteiger partial charge in [-0.15, -0.1) is 0 Å². The minimum absolute atomic E-state index is 0.0722. The molecule has 2 heterocycles. The summed E-state index contributed by atoms with van der Waals surface area (Å²) in [5, 5.41) is 11.8. The normalized spacial score (nSPS) is 12.1. The van der Waals surface area contributed by atoms with Gasteiger partial charge in [0.05, 0.1) is 36.1 Å². The zero-order chi connectivity index (χ0) is 19.4. The monoisotopic (exact) mass is 367 g/mol. The van der Waals surface area contributed by atoms with Crippen molar-refractivity contribution in [2.24, 2.45) is 7.05 Å². The molecule has 3 aromatic rings. The highest BCUT2D eigenvalue weighted by Crippen LogP contribution is 2.19. The van der Waals surface area contributed by atoms with Crippen LogP contribution in [0.2, 0.25) is 0 Å². The van der Waals surface area contributed by atoms with Gasteiger partial charge in [0, 0.05) is 31.6 Å². The number of rotatable bonds is 7. The van der Waals surface area contributed by atoms with Gasteiger partial charge in [0.2, 0.25) is 5.91 Å². The van der Waals surface area contributed by atoms with Crippen LogP contribution in [0.25, 0.3) is 5.69 Å². The number of amides is 1. The summed E-state index contributed by atoms with van der Waals surface area (Å²) < 4.78 is 8.90. The van der Waals surface area contributed by atoms with Crippen molar-refractivity contribution in [2.75, 3.05) is 13.7 Å². The molecule has 0 spiro atoms. The van der Waals surface area contributed by atoms with E-state index in [0.717, 1.165) is 28.3 Å². The smallest absolute Gasteiger partial charge is 0.225 e. The molecule has 27 heavy (non-hydrogen) atoms. The fraction of sp³-hybridized carbons (Fsp3) is 0.350. The maximum Gasteiger partial charge on any atom is 0.225 e. The van der Waals surface area contributed by atoms with Crippen LogP contribution in [0.15, 0.2) is 42.6 Å². The van der Waals surface area contributed by atoms with Crippen LogP contribution in [-0.4, -0.2) is 39.2 Å². The summed E-state index contributed by atoms with van der Waals surface area (Å²) in [5.41, 5.74) is 4.65. The Labute approximate surface area is 159 Å². The number of nitrogens with zero attached hydrogens (tertiary/aromatic N) is 4. The molecule has 0 aliphatic heterocycles. The van der Waals surface area contributed by atoms with Crippen LogP contribution in [0, 0.1) is 13.8 Å². The van der Waals surface area contributed by atoms with E-state index in [1.807, 2.05) is 62.0 Å². The standard InChI is InChI=1S/C20H25N5O2/c1-14-17(15(2)25(23-14)16-8-6-5-7-9-16)12-20(26)22-18(13-27-4)19-10-11-21-24(19)3/h5-11,18H,12-13H2,1-4H3,(H,22,26). The number of carbonyl (C=O) groups excluding carboxylic acids is 1. The zero-order valence-electron chi connectivity index (χ0n) is 16.1. The van der Waals surface area contributed by atoms with Crippen molar-refractivity contribution in [1.82, 2.24) is 24.9 Å². The largest absolute Gasteiger partial charge is 0.382 e. The van der Waals surface area contributed by atoms with Crippen molar-refractivity contribution in [2.45, 2.75) is 26.3 Å². The van der Waals surface area contributed by atoms with Gasteiger partial charge < -0.3 is 10.1 Å². The topological polar surface area (TPSA) is 74.0 Å². The molecule has 0 radical (unpaired) electrons. The highest BCUT2D eigenvalue weighted by atomic mass is 16.5. The van der Waals surface area contributed by atoms with E-state index in [0.29, 0.717) is 6.61 Å². The van der Waals surface area contributed by atoms with E-state index >= 15 is 0 Å². The van der Waals surface area contributed by atoms with Gasteiger partial charge >= 0.3 is 0 Å². The lowest BCUT2D eigenvalue weighted by Crippen LogP contribution is -2.33. The Hall–Kier alpha value is -2.93. The minimum atomic E-state index is -0.250. The van der Waals surface area contributed by atoms with Crippen molar-refractivity contribution < 1.29 is 9.53 Å². The molecule has 0 saturated carbocycles. The summed E-state index contributed by atoms with van der Waals surface area (Å²) >= 11 is 0. The van der Waals surface area contributed by atoms with Crippen molar-refractivity contribution in [3.63, 3.8) is 0 Å². The third kappa shape index (κ3) is 4.09. The van der Waals surface area contributed by atoms with Crippen molar-refractivity contribution in [3.05, 3.63) is 65.2 Å². The van der Waals surface area contributed by atoms with Crippen LogP contribution in [0.5, 0.6) is 0 Å². The molecule has 2 aromatic heterocycles. The molecule has 0 fully saturated rings. The highest BCUT2D eigenvalue weighted by Gasteiger charge is 2.20. The number of aryl methyl sites for hydroxylation is 2. The first-order valence-electron chi connectivity index (χ1n) is 8.88. The lowest BCUT2D eigenvalue weighted by Gasteiger charge is -2.18. The summed E-state index contributed by atoms with van der Waals surface area (Å²) in [6.45, 7) is 4.30. The van der Waals surface area contributed by atoms with Gasteiger partial charge in [-0.05, 0) is 32.0 Å². The van der Waals surface area contributed by atoms with Gasteiger partial charge in [-0.25, -0.2) is 4.68 Å². The summed E-state index contributed by atoms with van der Waals surface area (Å²) in [5.74, 6) is -0.0722. The Bertz CT molecular complexity index is 914. The number of nitrogens with one attached hydrogen (secondary N) is 1. The Balaban J connectivity index is 1.78. The van der Waals surface area contributed by atoms with Crippen LogP contribution in [-0.2, 0) is 23.0 Å². The predicted molar refractivity (Wildman–Crippen MR) is 103 cm³/mol. The first-order chi connectivity index (χ1) is 13.0. The van der Waals surface area contributed by atoms with Crippen molar-refractivity contribution in [3.8, 4) is 5.69 Å². The second kappa shape index (κ2) is 8.18. The number of ether oxygens (including phenoxy) is 1. The summed E-state index contributed by atoms with van der Waals surface area (Å²) in [6, 6.07) is 11.6. The third-order valence-electron chi connectivity index (χ3n) is 4.66. The average molecular weight is 367 g/mol. The second-order valence-electron chi connectivity index (χ2n) is 6.53. The van der Waals surface area contributed by atoms with Crippen LogP contribution in [0.1, 0.15) is 28.7 Å². The lowest BCUT2D eigenvalue weighted by molar-refractivity contribution is -0.121. The molecule has 7 heteroatoms. The Kier molecular flexibility index (Phi) is 5.71. The number of para-hydroxylation sites is 1. The quantitative estimate of drug-likeness (QED) is 0.695. The fourth-order valence-corrected chi connectivity index (χ4v) is 3.25. The lowest BCUT2D eigenvalue weighted by atomic mass is 10.1. The molecule has 0 bridgehead atoms. The van der Waals surface area contributed by atoms with Gasteiger partial charge in [-0.1, -0.05) is 18.2 Å². The van der Waals surface area contributed by atoms with Crippen molar-refractivity contribution >= 4 is 5.91 Å². The molecular weight excluding hydrogens is 342 g/mol. The molecular formula is C20H25N5O2. The summed E-state index contributed by atoms with van der Waals surface area (Å²) in [4.78, 5) is 12.7. The molecule has 1 N–H and O–H groups in total. The Morgan fingerprint density at radius 1 is 1.22 bits per heavy atom. The SMILES string of the molecule is COCC(NC(=O)Cc1c(C)nn(-c2ccccc2)c1C)c1ccnn1C. The van der Waals surface area contributed by atoms with E-state index in [1.165, 1.54) is 0 Å². The molecule has 1 amide bonds. The van der Waals surface area contributed by atoms with Gasteiger partial charge in [0.25, 0.3) is 0 Å². The molecule has 3 rings (SSSR count). The van der Waals surface area contributed by atoms with Crippen LogP contribution < -0.4 is 5.32 Å². The van der Waals surface area contributed by atoms with E-state index in [9.17, 15) is 4.79 Å². The maximum absolute atomic E-state index is 12.7. The molecule has 0 saturated heterocycles. The summed E-state index contributed by atoms with van der Waals surface area (Å²) in [7, 11) is 3.47. The fourth-order valence-electron chi connectivity index (χ4n) is 3.25. The minimum Gasteiger partial charge on any atom is -0.382 e. The molecule has 1 aromatic carbocycles. The number of hydrogen-bond acceptors (Lipinski definition) is 4. The van der Waals surface area contributed by atoms with Gasteiger partial charge in [0.15, 0.2) is 0 Å². The van der Waals surface area contributed by atoms with Crippen LogP contribution >= 0.6 is 0 Å². The van der Waals surface area contributed by atoms with E-state index in [2.05, 4.69) is 15.5 Å². The van der Waals surface area contributed by atoms with E-state index in [-0.39, 0.29) is 18.4 Å².